The number of hydrogen-bond donors (Lipinski definition) is 0. The van der Waals surface area contributed by atoms with Gasteiger partial charge in [0.05, 0.1) is 17.0 Å². The van der Waals surface area contributed by atoms with Crippen LogP contribution in [0.5, 0.6) is 0 Å². The fourth-order valence-corrected chi connectivity index (χ4v) is 7.74. The van der Waals surface area contributed by atoms with Gasteiger partial charge >= 0.3 is 0 Å². The van der Waals surface area contributed by atoms with Crippen LogP contribution in [0, 0.1) is 0 Å². The molecule has 0 bridgehead atoms. The monoisotopic (exact) mass is 313 g/mol. The number of nitrogens with zero attached hydrogens (tertiary/aromatic N) is 1. The molecule has 2 atom stereocenters. The molecule has 0 saturated carbocycles. The van der Waals surface area contributed by atoms with Crippen LogP contribution in [0.15, 0.2) is 30.3 Å². The van der Waals surface area contributed by atoms with Crippen LogP contribution in [0.2, 0.25) is 0 Å². The van der Waals surface area contributed by atoms with Crippen LogP contribution in [0.4, 0.5) is 0 Å². The van der Waals surface area contributed by atoms with E-state index < -0.39 is 9.84 Å². The number of thiocarbonyl (C=S) groups is 1. The SMILES string of the molecule is C[C@@]12CS(=O)(=O)C[C@@H]1SC(=S)N2Cc1ccccc1. The smallest absolute Gasteiger partial charge is 0.153 e. The zero-order chi connectivity index (χ0) is 13.7. The first-order valence-corrected chi connectivity index (χ1v) is 9.24. The molecule has 2 heterocycles. The summed E-state index contributed by atoms with van der Waals surface area (Å²) >= 11 is 6.98. The van der Waals surface area contributed by atoms with Crippen molar-refractivity contribution in [3.05, 3.63) is 35.9 Å². The van der Waals surface area contributed by atoms with Crippen molar-refractivity contribution in [2.24, 2.45) is 0 Å². The molecule has 19 heavy (non-hydrogen) atoms. The molecule has 3 nitrogen and oxygen atoms in total. The molecule has 0 unspecified atom stereocenters. The summed E-state index contributed by atoms with van der Waals surface area (Å²) in [4.78, 5) is 2.09. The summed E-state index contributed by atoms with van der Waals surface area (Å²) < 4.78 is 24.6. The van der Waals surface area contributed by atoms with Gasteiger partial charge in [0, 0.05) is 11.8 Å². The van der Waals surface area contributed by atoms with Gasteiger partial charge in [-0.25, -0.2) is 8.42 Å². The molecule has 0 spiro atoms. The van der Waals surface area contributed by atoms with Crippen molar-refractivity contribution in [1.82, 2.24) is 4.90 Å². The van der Waals surface area contributed by atoms with Gasteiger partial charge in [0.15, 0.2) is 9.84 Å². The summed E-state index contributed by atoms with van der Waals surface area (Å²) in [5, 5.41) is 0.0775. The van der Waals surface area contributed by atoms with Crippen LogP contribution in [-0.4, -0.2) is 39.9 Å². The van der Waals surface area contributed by atoms with Crippen molar-refractivity contribution in [2.45, 2.75) is 24.3 Å². The van der Waals surface area contributed by atoms with Crippen molar-refractivity contribution >= 4 is 38.1 Å². The fourth-order valence-electron chi connectivity index (χ4n) is 2.82. The summed E-state index contributed by atoms with van der Waals surface area (Å²) in [6.45, 7) is 2.71. The third kappa shape index (κ3) is 2.30. The lowest BCUT2D eigenvalue weighted by atomic mass is 9.99. The lowest BCUT2D eigenvalue weighted by Crippen LogP contribution is -2.48. The highest BCUT2D eigenvalue weighted by atomic mass is 32.2. The van der Waals surface area contributed by atoms with Gasteiger partial charge in [-0.05, 0) is 12.5 Å². The van der Waals surface area contributed by atoms with Crippen LogP contribution >= 0.6 is 24.0 Å². The van der Waals surface area contributed by atoms with Gasteiger partial charge in [-0.15, -0.1) is 0 Å². The van der Waals surface area contributed by atoms with Crippen LogP contribution in [-0.2, 0) is 16.4 Å². The summed E-state index contributed by atoms with van der Waals surface area (Å²) in [6, 6.07) is 10.1. The van der Waals surface area contributed by atoms with E-state index in [2.05, 4.69) is 4.90 Å². The third-order valence-electron chi connectivity index (χ3n) is 3.87. The quantitative estimate of drug-likeness (QED) is 0.782. The molecule has 2 aliphatic heterocycles. The molecule has 0 amide bonds. The second-order valence-corrected chi connectivity index (χ2v) is 9.30. The van der Waals surface area contributed by atoms with E-state index in [9.17, 15) is 8.42 Å². The van der Waals surface area contributed by atoms with Crippen LogP contribution < -0.4 is 0 Å². The molecular formula is C13H15NO2S3. The number of sulfone groups is 1. The first-order chi connectivity index (χ1) is 8.91. The van der Waals surface area contributed by atoms with Crippen molar-refractivity contribution in [1.29, 1.82) is 0 Å². The lowest BCUT2D eigenvalue weighted by Gasteiger charge is -2.34. The molecular weight excluding hydrogens is 298 g/mol. The van der Waals surface area contributed by atoms with E-state index in [1.165, 1.54) is 0 Å². The van der Waals surface area contributed by atoms with E-state index >= 15 is 0 Å². The Kier molecular flexibility index (Phi) is 3.15. The van der Waals surface area contributed by atoms with Crippen LogP contribution in [0.25, 0.3) is 0 Å². The van der Waals surface area contributed by atoms with E-state index in [4.69, 9.17) is 12.2 Å². The minimum atomic E-state index is -2.93. The minimum Gasteiger partial charge on any atom is -0.346 e. The minimum absolute atomic E-state index is 0.0775. The Morgan fingerprint density at radius 3 is 2.79 bits per heavy atom. The molecule has 1 aromatic carbocycles. The zero-order valence-corrected chi connectivity index (χ0v) is 13.0. The summed E-state index contributed by atoms with van der Waals surface area (Å²) in [5.74, 6) is 0.463. The molecule has 6 heteroatoms. The number of fused-ring (bicyclic) bond motifs is 1. The van der Waals surface area contributed by atoms with E-state index in [1.807, 2.05) is 37.3 Å². The Balaban J connectivity index is 1.91. The maximum Gasteiger partial charge on any atom is 0.153 e. The van der Waals surface area contributed by atoms with Gasteiger partial charge in [0.2, 0.25) is 0 Å². The Morgan fingerprint density at radius 1 is 1.42 bits per heavy atom. The molecule has 2 aliphatic rings. The molecule has 2 saturated heterocycles. The van der Waals surface area contributed by atoms with Gasteiger partial charge in [-0.3, -0.25) is 0 Å². The maximum absolute atomic E-state index is 11.9. The molecule has 102 valence electrons. The van der Waals surface area contributed by atoms with Crippen molar-refractivity contribution in [3.8, 4) is 0 Å². The van der Waals surface area contributed by atoms with E-state index in [0.717, 1.165) is 9.88 Å². The van der Waals surface area contributed by atoms with E-state index in [-0.39, 0.29) is 22.3 Å². The number of thioether (sulfide) groups is 1. The topological polar surface area (TPSA) is 37.4 Å². The van der Waals surface area contributed by atoms with E-state index in [0.29, 0.717) is 6.54 Å². The highest BCUT2D eigenvalue weighted by Crippen LogP contribution is 2.46. The number of rotatable bonds is 2. The summed E-state index contributed by atoms with van der Waals surface area (Å²) in [7, 11) is -2.93. The predicted octanol–water partition coefficient (Wildman–Crippen LogP) is 2.08. The second-order valence-electron chi connectivity index (χ2n) is 5.36. The Hall–Kier alpha value is -0.590. The standard InChI is InChI=1S/C13H15NO2S3/c1-13-9-19(15,16)8-11(13)18-12(17)14(13)7-10-5-3-2-4-6-10/h2-6,11H,7-9H2,1H3/t11-,13+/m0/s1. The van der Waals surface area contributed by atoms with Crippen molar-refractivity contribution in [2.75, 3.05) is 11.5 Å². The molecule has 0 N–H and O–H groups in total. The Labute approximate surface area is 123 Å². The molecule has 1 aromatic rings. The molecule has 0 aromatic heterocycles. The first-order valence-electron chi connectivity index (χ1n) is 6.13. The van der Waals surface area contributed by atoms with Gasteiger partial charge in [-0.2, -0.15) is 0 Å². The normalized spacial score (nSPS) is 32.6. The number of hydrogen-bond acceptors (Lipinski definition) is 4. The predicted molar refractivity (Wildman–Crippen MR) is 83.0 cm³/mol. The van der Waals surface area contributed by atoms with Crippen molar-refractivity contribution in [3.63, 3.8) is 0 Å². The van der Waals surface area contributed by atoms with Gasteiger partial charge in [0.25, 0.3) is 0 Å². The average Bonchev–Trinajstić information content (AvgIpc) is 2.68. The largest absolute Gasteiger partial charge is 0.346 e. The van der Waals surface area contributed by atoms with Crippen molar-refractivity contribution < 1.29 is 8.42 Å². The molecule has 2 fully saturated rings. The average molecular weight is 313 g/mol. The van der Waals surface area contributed by atoms with Crippen LogP contribution in [0.3, 0.4) is 0 Å². The first kappa shape index (κ1) is 13.4. The maximum atomic E-state index is 11.9. The summed E-state index contributed by atoms with van der Waals surface area (Å²) in [6.07, 6.45) is 0. The third-order valence-corrected chi connectivity index (χ3v) is 7.84. The molecule has 0 aliphatic carbocycles. The second kappa shape index (κ2) is 4.46. The molecule has 3 rings (SSSR count). The number of benzene rings is 1. The highest BCUT2D eigenvalue weighted by molar-refractivity contribution is 8.24. The van der Waals surface area contributed by atoms with Gasteiger partial charge < -0.3 is 4.90 Å². The van der Waals surface area contributed by atoms with Crippen LogP contribution in [0.1, 0.15) is 12.5 Å². The zero-order valence-electron chi connectivity index (χ0n) is 10.6. The fraction of sp³-hybridized carbons (Fsp3) is 0.462. The molecule has 0 radical (unpaired) electrons. The van der Waals surface area contributed by atoms with Gasteiger partial charge in [-0.1, -0.05) is 54.3 Å². The Bertz CT molecular complexity index is 614. The highest BCUT2D eigenvalue weighted by Gasteiger charge is 2.56. The van der Waals surface area contributed by atoms with E-state index in [1.54, 1.807) is 11.8 Å². The Morgan fingerprint density at radius 2 is 2.11 bits per heavy atom. The summed E-state index contributed by atoms with van der Waals surface area (Å²) in [5.41, 5.74) is 0.813. The van der Waals surface area contributed by atoms with Gasteiger partial charge in [0.1, 0.15) is 4.32 Å². The lowest BCUT2D eigenvalue weighted by molar-refractivity contribution is 0.238.